The zero-order valence-electron chi connectivity index (χ0n) is 16.6. The Morgan fingerprint density at radius 2 is 1.93 bits per heavy atom. The van der Waals surface area contributed by atoms with Gasteiger partial charge in [-0.05, 0) is 49.4 Å². The van der Waals surface area contributed by atoms with Gasteiger partial charge in [0.05, 0.1) is 17.2 Å². The molecule has 0 radical (unpaired) electrons. The lowest BCUT2D eigenvalue weighted by atomic mass is 10.2. The van der Waals surface area contributed by atoms with Gasteiger partial charge in [0.25, 0.3) is 0 Å². The molecule has 0 saturated carbocycles. The van der Waals surface area contributed by atoms with Gasteiger partial charge < -0.3 is 10.1 Å². The minimum atomic E-state index is -3.61. The maximum absolute atomic E-state index is 12.8. The second kappa shape index (κ2) is 10.6. The van der Waals surface area contributed by atoms with Crippen molar-refractivity contribution >= 4 is 33.0 Å². The number of hydrogen-bond donors (Lipinski definition) is 1. The minimum Gasteiger partial charge on any atom is -0.492 e. The van der Waals surface area contributed by atoms with E-state index in [2.05, 4.69) is 11.4 Å². The molecule has 0 fully saturated rings. The summed E-state index contributed by atoms with van der Waals surface area (Å²) >= 11 is 1.68. The van der Waals surface area contributed by atoms with E-state index in [-0.39, 0.29) is 10.8 Å². The van der Waals surface area contributed by atoms with E-state index in [9.17, 15) is 13.2 Å². The van der Waals surface area contributed by atoms with Crippen molar-refractivity contribution in [3.63, 3.8) is 0 Å². The van der Waals surface area contributed by atoms with E-state index >= 15 is 0 Å². The zero-order chi connectivity index (χ0) is 20.6. The Balaban J connectivity index is 2.14. The molecular weight excluding hydrogens is 396 g/mol. The Kier molecular flexibility index (Phi) is 8.47. The topological polar surface area (TPSA) is 75.7 Å². The van der Waals surface area contributed by atoms with Crippen LogP contribution in [0.25, 0.3) is 0 Å². The van der Waals surface area contributed by atoms with Crippen molar-refractivity contribution in [3.8, 4) is 5.75 Å². The van der Waals surface area contributed by atoms with Gasteiger partial charge in [-0.3, -0.25) is 4.79 Å². The number of benzene rings is 1. The zero-order valence-corrected chi connectivity index (χ0v) is 18.2. The molecule has 1 aromatic carbocycles. The Morgan fingerprint density at radius 1 is 1.18 bits per heavy atom. The number of ether oxygens (including phenoxy) is 1. The molecule has 154 valence electrons. The lowest BCUT2D eigenvalue weighted by molar-refractivity contribution is -0.116. The summed E-state index contributed by atoms with van der Waals surface area (Å²) < 4.78 is 32.5. The summed E-state index contributed by atoms with van der Waals surface area (Å²) in [6.45, 7) is 6.63. The number of sulfonamides is 1. The van der Waals surface area contributed by atoms with Crippen molar-refractivity contribution in [2.45, 2.75) is 44.9 Å². The second-order valence-electron chi connectivity index (χ2n) is 6.16. The highest BCUT2D eigenvalue weighted by atomic mass is 32.2. The number of amides is 1. The summed E-state index contributed by atoms with van der Waals surface area (Å²) in [4.78, 5) is 13.8. The molecule has 6 nitrogen and oxygen atoms in total. The fourth-order valence-electron chi connectivity index (χ4n) is 2.85. The molecule has 28 heavy (non-hydrogen) atoms. The first-order valence-corrected chi connectivity index (χ1v) is 11.8. The predicted molar refractivity (Wildman–Crippen MR) is 114 cm³/mol. The Bertz CT molecular complexity index is 860. The lowest BCUT2D eigenvalue weighted by Gasteiger charge is -2.20. The summed E-state index contributed by atoms with van der Waals surface area (Å²) in [5, 5.41) is 4.84. The number of anilines is 1. The number of aryl methyl sites for hydroxylation is 1. The number of hydrogen-bond acceptors (Lipinski definition) is 5. The standard InChI is InChI=1S/C20H28N2O4S2/c1-4-22(5-2)28(24,25)17-12-13-19(26-6-3)18(15-17)21-20(23)11-7-9-16-10-8-14-27-16/h8,10,12-15H,4-7,9,11H2,1-3H3,(H,21,23). The van der Waals surface area contributed by atoms with Gasteiger partial charge in [-0.25, -0.2) is 8.42 Å². The van der Waals surface area contributed by atoms with Crippen LogP contribution in [-0.2, 0) is 21.2 Å². The summed E-state index contributed by atoms with van der Waals surface area (Å²) in [6, 6.07) is 8.65. The molecule has 2 aromatic rings. The van der Waals surface area contributed by atoms with E-state index in [1.54, 1.807) is 31.3 Å². The third-order valence-corrected chi connectivity index (χ3v) is 7.26. The van der Waals surface area contributed by atoms with Gasteiger partial charge >= 0.3 is 0 Å². The highest BCUT2D eigenvalue weighted by Gasteiger charge is 2.23. The van der Waals surface area contributed by atoms with E-state index < -0.39 is 10.0 Å². The average Bonchev–Trinajstić information content (AvgIpc) is 3.17. The van der Waals surface area contributed by atoms with E-state index in [4.69, 9.17) is 4.74 Å². The van der Waals surface area contributed by atoms with E-state index in [0.29, 0.717) is 37.6 Å². The molecule has 0 aliphatic rings. The molecular formula is C20H28N2O4S2. The van der Waals surface area contributed by atoms with Crippen LogP contribution in [0, 0.1) is 0 Å². The summed E-state index contributed by atoms with van der Waals surface area (Å²) in [6.07, 6.45) is 1.93. The molecule has 0 unspecified atom stereocenters. The van der Waals surface area contributed by atoms with Gasteiger partial charge in [0, 0.05) is 24.4 Å². The summed E-state index contributed by atoms with van der Waals surface area (Å²) in [7, 11) is -3.61. The number of nitrogens with one attached hydrogen (secondary N) is 1. The first kappa shape index (κ1) is 22.4. The van der Waals surface area contributed by atoms with Crippen LogP contribution in [0.15, 0.2) is 40.6 Å². The molecule has 1 heterocycles. The van der Waals surface area contributed by atoms with E-state index in [1.807, 2.05) is 18.4 Å². The van der Waals surface area contributed by atoms with Crippen LogP contribution in [0.1, 0.15) is 38.5 Å². The highest BCUT2D eigenvalue weighted by Crippen LogP contribution is 2.29. The smallest absolute Gasteiger partial charge is 0.243 e. The van der Waals surface area contributed by atoms with Crippen molar-refractivity contribution < 1.29 is 17.9 Å². The molecule has 0 bridgehead atoms. The molecule has 1 aromatic heterocycles. The Labute approximate surface area is 171 Å². The maximum atomic E-state index is 12.8. The SMILES string of the molecule is CCOc1ccc(S(=O)(=O)N(CC)CC)cc1NC(=O)CCCc1cccs1. The number of rotatable bonds is 11. The van der Waals surface area contributed by atoms with Gasteiger partial charge in [-0.15, -0.1) is 11.3 Å². The molecule has 8 heteroatoms. The fourth-order valence-corrected chi connectivity index (χ4v) is 5.09. The van der Waals surface area contributed by atoms with Crippen molar-refractivity contribution in [3.05, 3.63) is 40.6 Å². The van der Waals surface area contributed by atoms with Crippen molar-refractivity contribution in [2.75, 3.05) is 25.0 Å². The van der Waals surface area contributed by atoms with Gasteiger partial charge in [0.2, 0.25) is 15.9 Å². The van der Waals surface area contributed by atoms with Crippen LogP contribution in [0.5, 0.6) is 5.75 Å². The average molecular weight is 425 g/mol. The molecule has 1 N–H and O–H groups in total. The molecule has 0 atom stereocenters. The number of thiophene rings is 1. The molecule has 1 amide bonds. The monoisotopic (exact) mass is 424 g/mol. The summed E-state index contributed by atoms with van der Waals surface area (Å²) in [5.41, 5.74) is 0.385. The van der Waals surface area contributed by atoms with Crippen LogP contribution in [0.2, 0.25) is 0 Å². The first-order chi connectivity index (χ1) is 13.4. The normalized spacial score (nSPS) is 11.6. The van der Waals surface area contributed by atoms with Crippen LogP contribution in [0.3, 0.4) is 0 Å². The van der Waals surface area contributed by atoms with Gasteiger partial charge in [0.15, 0.2) is 0 Å². The predicted octanol–water partition coefficient (Wildman–Crippen LogP) is 4.14. The second-order valence-corrected chi connectivity index (χ2v) is 9.13. The molecule has 0 spiro atoms. The molecule has 0 aliphatic heterocycles. The first-order valence-electron chi connectivity index (χ1n) is 9.51. The third-order valence-electron chi connectivity index (χ3n) is 4.28. The van der Waals surface area contributed by atoms with Gasteiger partial charge in [0.1, 0.15) is 5.75 Å². The Hall–Kier alpha value is -1.90. The van der Waals surface area contributed by atoms with Crippen LogP contribution >= 0.6 is 11.3 Å². The van der Waals surface area contributed by atoms with E-state index in [0.717, 1.165) is 12.8 Å². The van der Waals surface area contributed by atoms with Crippen molar-refractivity contribution in [1.82, 2.24) is 4.31 Å². The quantitative estimate of drug-likeness (QED) is 0.588. The highest BCUT2D eigenvalue weighted by molar-refractivity contribution is 7.89. The largest absolute Gasteiger partial charge is 0.492 e. The van der Waals surface area contributed by atoms with E-state index in [1.165, 1.54) is 21.3 Å². The Morgan fingerprint density at radius 3 is 2.54 bits per heavy atom. The molecule has 0 aliphatic carbocycles. The number of nitrogens with zero attached hydrogens (tertiary/aromatic N) is 1. The van der Waals surface area contributed by atoms with Crippen molar-refractivity contribution in [1.29, 1.82) is 0 Å². The van der Waals surface area contributed by atoms with Crippen LogP contribution < -0.4 is 10.1 Å². The lowest BCUT2D eigenvalue weighted by Crippen LogP contribution is -2.30. The van der Waals surface area contributed by atoms with Gasteiger partial charge in [-0.1, -0.05) is 19.9 Å². The van der Waals surface area contributed by atoms with Crippen LogP contribution in [-0.4, -0.2) is 38.3 Å². The maximum Gasteiger partial charge on any atom is 0.243 e. The van der Waals surface area contributed by atoms with Gasteiger partial charge in [-0.2, -0.15) is 4.31 Å². The third kappa shape index (κ3) is 5.80. The summed E-state index contributed by atoms with van der Waals surface area (Å²) in [5.74, 6) is 0.308. The fraction of sp³-hybridized carbons (Fsp3) is 0.450. The minimum absolute atomic E-state index is 0.147. The van der Waals surface area contributed by atoms with Crippen LogP contribution in [0.4, 0.5) is 5.69 Å². The molecule has 2 rings (SSSR count). The van der Waals surface area contributed by atoms with Crippen molar-refractivity contribution in [2.24, 2.45) is 0 Å². The molecule has 0 saturated heterocycles. The number of carbonyl (C=O) groups excluding carboxylic acids is 1. The number of carbonyl (C=O) groups is 1.